The highest BCUT2D eigenvalue weighted by Crippen LogP contribution is 2.28. The van der Waals surface area contributed by atoms with E-state index in [2.05, 4.69) is 0 Å². The van der Waals surface area contributed by atoms with Crippen LogP contribution in [0.2, 0.25) is 0 Å². The first-order chi connectivity index (χ1) is 9.00. The molecule has 100 valence electrons. The molecule has 1 aromatic carbocycles. The lowest BCUT2D eigenvalue weighted by Crippen LogP contribution is -2.23. The molecule has 0 saturated heterocycles. The van der Waals surface area contributed by atoms with Crippen molar-refractivity contribution in [2.45, 2.75) is 27.2 Å². The van der Waals surface area contributed by atoms with Gasteiger partial charge in [-0.05, 0) is 12.5 Å². The number of aryl methyl sites for hydroxylation is 1. The SMILES string of the molecule is Cc1ccc(C2=C(C(=O)C(C)C)CCOC2=O)cc1. The van der Waals surface area contributed by atoms with Crippen molar-refractivity contribution in [2.24, 2.45) is 5.92 Å². The number of cyclic esters (lactones) is 1. The van der Waals surface area contributed by atoms with Gasteiger partial charge in [0, 0.05) is 17.9 Å². The number of ketones is 1. The van der Waals surface area contributed by atoms with Gasteiger partial charge in [0.05, 0.1) is 12.2 Å². The van der Waals surface area contributed by atoms with Crippen LogP contribution in [0.25, 0.3) is 5.57 Å². The summed E-state index contributed by atoms with van der Waals surface area (Å²) in [5.41, 5.74) is 2.92. The molecule has 0 aromatic heterocycles. The molecular weight excluding hydrogens is 240 g/mol. The molecule has 0 amide bonds. The van der Waals surface area contributed by atoms with Crippen molar-refractivity contribution < 1.29 is 14.3 Å². The fourth-order valence-corrected chi connectivity index (χ4v) is 2.17. The van der Waals surface area contributed by atoms with Crippen LogP contribution in [0.1, 0.15) is 31.4 Å². The number of carbonyl (C=O) groups excluding carboxylic acids is 2. The van der Waals surface area contributed by atoms with E-state index in [1.54, 1.807) is 0 Å². The minimum Gasteiger partial charge on any atom is -0.462 e. The molecule has 0 spiro atoms. The van der Waals surface area contributed by atoms with Gasteiger partial charge < -0.3 is 4.74 Å². The summed E-state index contributed by atoms with van der Waals surface area (Å²) in [6, 6.07) is 7.60. The van der Waals surface area contributed by atoms with Crippen LogP contribution in [0, 0.1) is 12.8 Å². The maximum atomic E-state index is 12.2. The summed E-state index contributed by atoms with van der Waals surface area (Å²) in [7, 11) is 0. The molecule has 1 heterocycles. The Morgan fingerprint density at radius 2 is 1.84 bits per heavy atom. The smallest absolute Gasteiger partial charge is 0.339 e. The van der Waals surface area contributed by atoms with E-state index < -0.39 is 0 Å². The van der Waals surface area contributed by atoms with Gasteiger partial charge in [0.15, 0.2) is 5.78 Å². The average Bonchev–Trinajstić information content (AvgIpc) is 2.39. The molecule has 0 N–H and O–H groups in total. The highest BCUT2D eigenvalue weighted by Gasteiger charge is 2.28. The molecule has 1 aliphatic heterocycles. The molecule has 3 heteroatoms. The third kappa shape index (κ3) is 2.75. The maximum absolute atomic E-state index is 12.2. The quantitative estimate of drug-likeness (QED) is 0.783. The number of ether oxygens (including phenoxy) is 1. The van der Waals surface area contributed by atoms with E-state index in [1.165, 1.54) is 0 Å². The summed E-state index contributed by atoms with van der Waals surface area (Å²) < 4.78 is 5.09. The number of hydrogen-bond donors (Lipinski definition) is 0. The van der Waals surface area contributed by atoms with Crippen molar-refractivity contribution in [3.05, 3.63) is 41.0 Å². The van der Waals surface area contributed by atoms with Crippen molar-refractivity contribution in [3.8, 4) is 0 Å². The van der Waals surface area contributed by atoms with E-state index >= 15 is 0 Å². The minimum absolute atomic E-state index is 0.0345. The van der Waals surface area contributed by atoms with Crippen LogP contribution in [-0.4, -0.2) is 18.4 Å². The normalized spacial score (nSPS) is 15.7. The Bertz CT molecular complexity index is 536. The zero-order chi connectivity index (χ0) is 14.0. The predicted molar refractivity (Wildman–Crippen MR) is 73.5 cm³/mol. The molecule has 19 heavy (non-hydrogen) atoms. The van der Waals surface area contributed by atoms with Gasteiger partial charge in [0.25, 0.3) is 0 Å². The second-order valence-corrected chi connectivity index (χ2v) is 5.12. The fourth-order valence-electron chi connectivity index (χ4n) is 2.17. The van der Waals surface area contributed by atoms with Crippen molar-refractivity contribution in [3.63, 3.8) is 0 Å². The predicted octanol–water partition coefficient (Wildman–Crippen LogP) is 2.92. The van der Waals surface area contributed by atoms with Crippen LogP contribution in [0.5, 0.6) is 0 Å². The zero-order valence-electron chi connectivity index (χ0n) is 11.5. The molecule has 0 bridgehead atoms. The van der Waals surface area contributed by atoms with Gasteiger partial charge in [-0.3, -0.25) is 4.79 Å². The van der Waals surface area contributed by atoms with Crippen LogP contribution >= 0.6 is 0 Å². The van der Waals surface area contributed by atoms with Gasteiger partial charge in [-0.15, -0.1) is 0 Å². The Kier molecular flexibility index (Phi) is 3.84. The number of benzene rings is 1. The monoisotopic (exact) mass is 258 g/mol. The van der Waals surface area contributed by atoms with E-state index in [0.29, 0.717) is 24.2 Å². The molecule has 0 radical (unpaired) electrons. The van der Waals surface area contributed by atoms with Gasteiger partial charge >= 0.3 is 5.97 Å². The average molecular weight is 258 g/mol. The lowest BCUT2D eigenvalue weighted by molar-refractivity contribution is -0.138. The number of carbonyl (C=O) groups is 2. The Labute approximate surface area is 113 Å². The van der Waals surface area contributed by atoms with Crippen LogP contribution in [0.3, 0.4) is 0 Å². The highest BCUT2D eigenvalue weighted by atomic mass is 16.5. The van der Waals surface area contributed by atoms with Crippen LogP contribution in [0.4, 0.5) is 0 Å². The zero-order valence-corrected chi connectivity index (χ0v) is 11.5. The van der Waals surface area contributed by atoms with E-state index in [0.717, 1.165) is 11.1 Å². The summed E-state index contributed by atoms with van der Waals surface area (Å²) in [6.45, 7) is 5.98. The maximum Gasteiger partial charge on any atom is 0.339 e. The summed E-state index contributed by atoms with van der Waals surface area (Å²) in [4.78, 5) is 24.2. The van der Waals surface area contributed by atoms with Crippen molar-refractivity contribution >= 4 is 17.3 Å². The molecule has 1 aromatic rings. The lowest BCUT2D eigenvalue weighted by atomic mass is 9.89. The number of rotatable bonds is 3. The molecule has 0 saturated carbocycles. The van der Waals surface area contributed by atoms with Gasteiger partial charge in [0.2, 0.25) is 0 Å². The molecule has 1 aliphatic rings. The molecule has 3 nitrogen and oxygen atoms in total. The van der Waals surface area contributed by atoms with Gasteiger partial charge in [-0.1, -0.05) is 43.7 Å². The van der Waals surface area contributed by atoms with E-state index in [-0.39, 0.29) is 17.7 Å². The molecule has 0 unspecified atom stereocenters. The largest absolute Gasteiger partial charge is 0.462 e. The minimum atomic E-state index is -0.390. The second kappa shape index (κ2) is 5.39. The number of hydrogen-bond acceptors (Lipinski definition) is 3. The van der Waals surface area contributed by atoms with E-state index in [9.17, 15) is 9.59 Å². The first-order valence-corrected chi connectivity index (χ1v) is 6.52. The number of Topliss-reactive ketones (excluding diaryl/α,β-unsaturated/α-hetero) is 1. The lowest BCUT2D eigenvalue weighted by Gasteiger charge is -2.20. The Hall–Kier alpha value is -1.90. The van der Waals surface area contributed by atoms with Crippen molar-refractivity contribution in [1.82, 2.24) is 0 Å². The first kappa shape index (κ1) is 13.5. The van der Waals surface area contributed by atoms with Gasteiger partial charge in [-0.25, -0.2) is 4.79 Å². The Balaban J connectivity index is 2.53. The van der Waals surface area contributed by atoms with Crippen molar-refractivity contribution in [2.75, 3.05) is 6.61 Å². The van der Waals surface area contributed by atoms with Gasteiger partial charge in [-0.2, -0.15) is 0 Å². The van der Waals surface area contributed by atoms with E-state index in [4.69, 9.17) is 4.74 Å². The Morgan fingerprint density at radius 1 is 1.21 bits per heavy atom. The molecular formula is C16H18O3. The van der Waals surface area contributed by atoms with Gasteiger partial charge in [0.1, 0.15) is 0 Å². The standard InChI is InChI=1S/C16H18O3/c1-10(2)15(17)13-8-9-19-16(18)14(13)12-6-4-11(3)5-7-12/h4-7,10H,8-9H2,1-3H3. The summed E-state index contributed by atoms with van der Waals surface area (Å²) in [5, 5.41) is 0. The molecule has 0 aliphatic carbocycles. The van der Waals surface area contributed by atoms with Crippen LogP contribution in [0.15, 0.2) is 29.8 Å². The van der Waals surface area contributed by atoms with E-state index in [1.807, 2.05) is 45.0 Å². The van der Waals surface area contributed by atoms with Crippen molar-refractivity contribution in [1.29, 1.82) is 0 Å². The topological polar surface area (TPSA) is 43.4 Å². The summed E-state index contributed by atoms with van der Waals surface area (Å²) >= 11 is 0. The second-order valence-electron chi connectivity index (χ2n) is 5.12. The molecule has 2 rings (SSSR count). The molecule has 0 fully saturated rings. The Morgan fingerprint density at radius 3 is 2.42 bits per heavy atom. The highest BCUT2D eigenvalue weighted by molar-refractivity contribution is 6.24. The third-order valence-corrected chi connectivity index (χ3v) is 3.25. The van der Waals surface area contributed by atoms with Crippen LogP contribution < -0.4 is 0 Å². The molecule has 0 atom stereocenters. The summed E-state index contributed by atoms with van der Waals surface area (Å²) in [6.07, 6.45) is 0.506. The number of esters is 1. The first-order valence-electron chi connectivity index (χ1n) is 6.52. The summed E-state index contributed by atoms with van der Waals surface area (Å²) in [5.74, 6) is -0.465. The van der Waals surface area contributed by atoms with Crippen LogP contribution in [-0.2, 0) is 14.3 Å². The third-order valence-electron chi connectivity index (χ3n) is 3.25. The fraction of sp³-hybridized carbons (Fsp3) is 0.375.